The molecule has 0 saturated heterocycles. The molecule has 0 fully saturated rings. The summed E-state index contributed by atoms with van der Waals surface area (Å²) < 4.78 is 18.8. The summed E-state index contributed by atoms with van der Waals surface area (Å²) in [5, 5.41) is 7.18. The zero-order chi connectivity index (χ0) is 12.8. The Kier molecular flexibility index (Phi) is 4.90. The van der Waals surface area contributed by atoms with Crippen molar-refractivity contribution in [3.8, 4) is 5.75 Å². The predicted octanol–water partition coefficient (Wildman–Crippen LogP) is 1.44. The zero-order valence-electron chi connectivity index (χ0n) is 10.2. The lowest BCUT2D eigenvalue weighted by Gasteiger charge is -2.11. The first-order valence-electron chi connectivity index (χ1n) is 5.42. The summed E-state index contributed by atoms with van der Waals surface area (Å²) in [4.78, 5) is 2.04. The standard InChI is InChI=1S/C12H18FN3O/c1-16(2)6-3-7-17-11-5-4-9(12(14)15)8-10(11)13/h4-5,8H,3,6-7H2,1-2H3,(H3,14,15). The Morgan fingerprint density at radius 2 is 2.18 bits per heavy atom. The lowest BCUT2D eigenvalue weighted by atomic mass is 10.2. The van der Waals surface area contributed by atoms with Crippen LogP contribution in [-0.4, -0.2) is 38.0 Å². The first kappa shape index (κ1) is 13.4. The molecule has 5 heteroatoms. The van der Waals surface area contributed by atoms with Crippen LogP contribution in [0.4, 0.5) is 4.39 Å². The van der Waals surface area contributed by atoms with Crippen molar-refractivity contribution in [1.82, 2.24) is 4.90 Å². The van der Waals surface area contributed by atoms with Crippen LogP contribution in [0, 0.1) is 11.2 Å². The van der Waals surface area contributed by atoms with Gasteiger partial charge in [0.25, 0.3) is 0 Å². The van der Waals surface area contributed by atoms with E-state index in [1.807, 2.05) is 19.0 Å². The molecule has 0 radical (unpaired) electrons. The number of benzene rings is 1. The first-order valence-corrected chi connectivity index (χ1v) is 5.42. The van der Waals surface area contributed by atoms with Gasteiger partial charge >= 0.3 is 0 Å². The summed E-state index contributed by atoms with van der Waals surface area (Å²) in [6, 6.07) is 4.29. The highest BCUT2D eigenvalue weighted by molar-refractivity contribution is 5.95. The maximum absolute atomic E-state index is 13.5. The smallest absolute Gasteiger partial charge is 0.165 e. The quantitative estimate of drug-likeness (QED) is 0.448. The third kappa shape index (κ3) is 4.40. The Bertz CT molecular complexity index is 393. The van der Waals surface area contributed by atoms with Gasteiger partial charge in [-0.3, -0.25) is 5.41 Å². The van der Waals surface area contributed by atoms with Gasteiger partial charge in [-0.15, -0.1) is 0 Å². The molecule has 0 bridgehead atoms. The van der Waals surface area contributed by atoms with Crippen LogP contribution in [0.1, 0.15) is 12.0 Å². The van der Waals surface area contributed by atoms with Gasteiger partial charge in [0.15, 0.2) is 11.6 Å². The van der Waals surface area contributed by atoms with Crippen molar-refractivity contribution in [3.63, 3.8) is 0 Å². The average Bonchev–Trinajstić information content (AvgIpc) is 2.25. The lowest BCUT2D eigenvalue weighted by molar-refractivity contribution is 0.271. The van der Waals surface area contributed by atoms with Gasteiger partial charge in [0.05, 0.1) is 6.61 Å². The highest BCUT2D eigenvalue weighted by Crippen LogP contribution is 2.18. The van der Waals surface area contributed by atoms with E-state index in [0.717, 1.165) is 13.0 Å². The number of nitrogens with two attached hydrogens (primary N) is 1. The number of halogens is 1. The number of ether oxygens (including phenoxy) is 1. The minimum atomic E-state index is -0.484. The van der Waals surface area contributed by atoms with Crippen molar-refractivity contribution in [2.45, 2.75) is 6.42 Å². The summed E-state index contributed by atoms with van der Waals surface area (Å²) in [6.07, 6.45) is 0.834. The van der Waals surface area contributed by atoms with Gasteiger partial charge in [-0.2, -0.15) is 0 Å². The molecule has 0 aliphatic heterocycles. The zero-order valence-corrected chi connectivity index (χ0v) is 10.2. The minimum absolute atomic E-state index is 0.150. The van der Waals surface area contributed by atoms with E-state index < -0.39 is 5.82 Å². The Morgan fingerprint density at radius 1 is 1.47 bits per heavy atom. The van der Waals surface area contributed by atoms with Gasteiger partial charge in [-0.25, -0.2) is 4.39 Å². The number of nitrogen functional groups attached to an aromatic ring is 1. The molecular formula is C12H18FN3O. The van der Waals surface area contributed by atoms with E-state index in [4.69, 9.17) is 15.9 Å². The molecule has 0 unspecified atom stereocenters. The van der Waals surface area contributed by atoms with Gasteiger partial charge in [0.1, 0.15) is 5.84 Å². The predicted molar refractivity (Wildman–Crippen MR) is 66.1 cm³/mol. The van der Waals surface area contributed by atoms with Gasteiger partial charge in [-0.1, -0.05) is 0 Å². The molecule has 94 valence electrons. The largest absolute Gasteiger partial charge is 0.490 e. The van der Waals surface area contributed by atoms with E-state index in [2.05, 4.69) is 0 Å². The molecule has 0 spiro atoms. The maximum Gasteiger partial charge on any atom is 0.165 e. The van der Waals surface area contributed by atoms with Crippen LogP contribution in [-0.2, 0) is 0 Å². The van der Waals surface area contributed by atoms with Crippen LogP contribution in [0.25, 0.3) is 0 Å². The third-order valence-corrected chi connectivity index (χ3v) is 2.25. The number of rotatable bonds is 6. The second kappa shape index (κ2) is 6.20. The van der Waals surface area contributed by atoms with E-state index in [9.17, 15) is 4.39 Å². The van der Waals surface area contributed by atoms with Crippen LogP contribution in [0.2, 0.25) is 0 Å². The van der Waals surface area contributed by atoms with Crippen molar-refractivity contribution in [2.24, 2.45) is 5.73 Å². The summed E-state index contributed by atoms with van der Waals surface area (Å²) in [7, 11) is 3.95. The van der Waals surface area contributed by atoms with Crippen LogP contribution < -0.4 is 10.5 Å². The molecule has 1 aromatic carbocycles. The number of amidine groups is 1. The molecule has 3 N–H and O–H groups in total. The highest BCUT2D eigenvalue weighted by atomic mass is 19.1. The van der Waals surface area contributed by atoms with Crippen molar-refractivity contribution in [1.29, 1.82) is 5.41 Å². The molecular weight excluding hydrogens is 221 g/mol. The van der Waals surface area contributed by atoms with E-state index >= 15 is 0 Å². The van der Waals surface area contributed by atoms with Crippen LogP contribution >= 0.6 is 0 Å². The summed E-state index contributed by atoms with van der Waals surface area (Å²) >= 11 is 0. The average molecular weight is 239 g/mol. The number of nitrogens with zero attached hydrogens (tertiary/aromatic N) is 1. The van der Waals surface area contributed by atoms with Gasteiger partial charge < -0.3 is 15.4 Å². The minimum Gasteiger partial charge on any atom is -0.490 e. The topological polar surface area (TPSA) is 62.3 Å². The van der Waals surface area contributed by atoms with E-state index in [1.165, 1.54) is 12.1 Å². The molecule has 0 atom stereocenters. The fourth-order valence-electron chi connectivity index (χ4n) is 1.35. The van der Waals surface area contributed by atoms with Crippen molar-refractivity contribution in [2.75, 3.05) is 27.2 Å². The van der Waals surface area contributed by atoms with Gasteiger partial charge in [0.2, 0.25) is 0 Å². The van der Waals surface area contributed by atoms with E-state index in [0.29, 0.717) is 12.2 Å². The van der Waals surface area contributed by atoms with Crippen molar-refractivity contribution in [3.05, 3.63) is 29.6 Å². The molecule has 17 heavy (non-hydrogen) atoms. The Morgan fingerprint density at radius 3 is 2.71 bits per heavy atom. The van der Waals surface area contributed by atoms with E-state index in [-0.39, 0.29) is 11.6 Å². The molecule has 4 nitrogen and oxygen atoms in total. The monoisotopic (exact) mass is 239 g/mol. The third-order valence-electron chi connectivity index (χ3n) is 2.25. The van der Waals surface area contributed by atoms with Crippen LogP contribution in [0.3, 0.4) is 0 Å². The van der Waals surface area contributed by atoms with Gasteiger partial charge in [0, 0.05) is 12.1 Å². The normalized spacial score (nSPS) is 10.6. The Labute approximate surface area is 101 Å². The molecule has 0 amide bonds. The van der Waals surface area contributed by atoms with Crippen molar-refractivity contribution >= 4 is 5.84 Å². The fraction of sp³-hybridized carbons (Fsp3) is 0.417. The maximum atomic E-state index is 13.5. The number of hydrogen-bond donors (Lipinski definition) is 2. The lowest BCUT2D eigenvalue weighted by Crippen LogP contribution is -2.16. The molecule has 1 rings (SSSR count). The van der Waals surface area contributed by atoms with Crippen LogP contribution in [0.5, 0.6) is 5.75 Å². The first-order chi connectivity index (χ1) is 8.00. The molecule has 0 aliphatic carbocycles. The Hall–Kier alpha value is -1.62. The van der Waals surface area contributed by atoms with Gasteiger partial charge in [-0.05, 0) is 38.7 Å². The summed E-state index contributed by atoms with van der Waals surface area (Å²) in [5.74, 6) is -0.431. The molecule has 0 saturated carbocycles. The SMILES string of the molecule is CN(C)CCCOc1ccc(C(=N)N)cc1F. The second-order valence-electron chi connectivity index (χ2n) is 4.06. The number of nitrogens with one attached hydrogen (secondary N) is 1. The summed E-state index contributed by atoms with van der Waals surface area (Å²) in [5.41, 5.74) is 5.62. The molecule has 0 aromatic heterocycles. The molecule has 0 aliphatic rings. The summed E-state index contributed by atoms with van der Waals surface area (Å²) in [6.45, 7) is 1.36. The van der Waals surface area contributed by atoms with Crippen LogP contribution in [0.15, 0.2) is 18.2 Å². The fourth-order valence-corrected chi connectivity index (χ4v) is 1.35. The number of hydrogen-bond acceptors (Lipinski definition) is 3. The molecule has 0 heterocycles. The van der Waals surface area contributed by atoms with Crippen molar-refractivity contribution < 1.29 is 9.13 Å². The molecule has 1 aromatic rings. The highest BCUT2D eigenvalue weighted by Gasteiger charge is 2.06. The van der Waals surface area contributed by atoms with E-state index in [1.54, 1.807) is 6.07 Å². The second-order valence-corrected chi connectivity index (χ2v) is 4.06. The Balaban J connectivity index is 2.52.